The van der Waals surface area contributed by atoms with Gasteiger partial charge < -0.3 is 15.5 Å². The summed E-state index contributed by atoms with van der Waals surface area (Å²) in [5.41, 5.74) is 6.73. The van der Waals surface area contributed by atoms with Gasteiger partial charge in [0.2, 0.25) is 5.91 Å². The second-order valence-corrected chi connectivity index (χ2v) is 12.6. The highest BCUT2D eigenvalue weighted by Crippen LogP contribution is 2.48. The number of allylic oxidation sites excluding steroid dienone is 1. The summed E-state index contributed by atoms with van der Waals surface area (Å²) in [4.78, 5) is 29.4. The maximum Gasteiger partial charge on any atom is 0.239 e. The number of nitrogens with zero attached hydrogens (tertiary/aromatic N) is 1. The largest absolute Gasteiger partial charge is 0.357 e. The van der Waals surface area contributed by atoms with Gasteiger partial charge in [-0.1, -0.05) is 101 Å². The van der Waals surface area contributed by atoms with Crippen molar-refractivity contribution in [1.29, 1.82) is 0 Å². The van der Waals surface area contributed by atoms with Gasteiger partial charge in [0.1, 0.15) is 0 Å². The highest BCUT2D eigenvalue weighted by Gasteiger charge is 2.42. The molecule has 1 atom stereocenters. The molecule has 1 aliphatic heterocycles. The van der Waals surface area contributed by atoms with Gasteiger partial charge in [0, 0.05) is 24.2 Å². The Morgan fingerprint density at radius 3 is 2.31 bits per heavy atom. The lowest BCUT2D eigenvalue weighted by atomic mass is 9.73. The van der Waals surface area contributed by atoms with Crippen molar-refractivity contribution >= 4 is 23.1 Å². The van der Waals surface area contributed by atoms with Gasteiger partial charge in [-0.3, -0.25) is 9.59 Å². The number of hydrogen-bond donors (Lipinski definition) is 2. The second kappa shape index (κ2) is 10.4. The maximum atomic E-state index is 13.9. The predicted molar refractivity (Wildman–Crippen MR) is 159 cm³/mol. The van der Waals surface area contributed by atoms with Gasteiger partial charge in [-0.25, -0.2) is 0 Å². The molecule has 1 heterocycles. The average Bonchev–Trinajstić information content (AvgIpc) is 3.01. The summed E-state index contributed by atoms with van der Waals surface area (Å²) in [5.74, 6) is 0.0544. The third-order valence-corrected chi connectivity index (χ3v) is 7.74. The van der Waals surface area contributed by atoms with Crippen molar-refractivity contribution in [3.8, 4) is 0 Å². The zero-order valence-electron chi connectivity index (χ0n) is 23.7. The molecule has 2 aliphatic rings. The first kappa shape index (κ1) is 26.7. The lowest BCUT2D eigenvalue weighted by Gasteiger charge is -2.38. The maximum absolute atomic E-state index is 13.9. The third kappa shape index (κ3) is 5.78. The molecule has 5 nitrogen and oxygen atoms in total. The molecule has 1 amide bonds. The topological polar surface area (TPSA) is 61.4 Å². The second-order valence-electron chi connectivity index (χ2n) is 12.6. The Hall–Kier alpha value is -3.86. The van der Waals surface area contributed by atoms with Crippen LogP contribution in [0, 0.1) is 5.41 Å². The average molecular weight is 522 g/mol. The van der Waals surface area contributed by atoms with Crippen molar-refractivity contribution in [3.63, 3.8) is 0 Å². The number of amides is 1. The highest BCUT2D eigenvalue weighted by atomic mass is 16.2. The molecule has 1 unspecified atom stereocenters. The Bertz CT molecular complexity index is 1400. The van der Waals surface area contributed by atoms with Crippen LogP contribution in [-0.4, -0.2) is 18.2 Å². The van der Waals surface area contributed by atoms with Crippen LogP contribution in [0.5, 0.6) is 0 Å². The van der Waals surface area contributed by atoms with Crippen LogP contribution in [0.25, 0.3) is 0 Å². The highest BCUT2D eigenvalue weighted by molar-refractivity contribution is 6.01. The van der Waals surface area contributed by atoms with Gasteiger partial charge in [0.15, 0.2) is 5.78 Å². The van der Waals surface area contributed by atoms with Gasteiger partial charge in [0.05, 0.1) is 24.0 Å². The Morgan fingerprint density at radius 1 is 0.949 bits per heavy atom. The summed E-state index contributed by atoms with van der Waals surface area (Å²) >= 11 is 0. The zero-order valence-corrected chi connectivity index (χ0v) is 23.7. The summed E-state index contributed by atoms with van der Waals surface area (Å²) in [6.45, 7) is 11.5. The molecular weight excluding hydrogens is 482 g/mol. The van der Waals surface area contributed by atoms with Crippen molar-refractivity contribution in [2.45, 2.75) is 65.5 Å². The van der Waals surface area contributed by atoms with Crippen molar-refractivity contribution in [3.05, 3.63) is 107 Å². The van der Waals surface area contributed by atoms with E-state index in [0.29, 0.717) is 13.0 Å². The number of para-hydroxylation sites is 2. The fraction of sp³-hybridized carbons (Fsp3) is 0.353. The van der Waals surface area contributed by atoms with Gasteiger partial charge in [0.25, 0.3) is 0 Å². The number of hydrogen-bond acceptors (Lipinski definition) is 4. The zero-order chi connectivity index (χ0) is 27.8. The van der Waals surface area contributed by atoms with Crippen LogP contribution in [0.15, 0.2) is 90.1 Å². The SMILES string of the molecule is CC1(C)CC(=O)C2=C(C1)Nc1ccccc1N(CC(=O)NCc1ccccc1)C2c1ccc(C(C)(C)C)cc1. The van der Waals surface area contributed by atoms with E-state index in [0.717, 1.165) is 40.2 Å². The molecule has 39 heavy (non-hydrogen) atoms. The van der Waals surface area contributed by atoms with Crippen LogP contribution in [0.3, 0.4) is 0 Å². The van der Waals surface area contributed by atoms with E-state index in [1.807, 2.05) is 54.6 Å². The molecule has 0 saturated heterocycles. The van der Waals surface area contributed by atoms with E-state index in [1.165, 1.54) is 5.56 Å². The fourth-order valence-corrected chi connectivity index (χ4v) is 5.75. The lowest BCUT2D eigenvalue weighted by Crippen LogP contribution is -2.41. The summed E-state index contributed by atoms with van der Waals surface area (Å²) in [5, 5.41) is 6.72. The Kier molecular flexibility index (Phi) is 7.11. The van der Waals surface area contributed by atoms with E-state index in [4.69, 9.17) is 0 Å². The normalized spacial score (nSPS) is 18.5. The van der Waals surface area contributed by atoms with Crippen LogP contribution in [0.4, 0.5) is 11.4 Å². The van der Waals surface area contributed by atoms with E-state index >= 15 is 0 Å². The van der Waals surface area contributed by atoms with E-state index in [-0.39, 0.29) is 35.1 Å². The smallest absolute Gasteiger partial charge is 0.239 e. The summed E-state index contributed by atoms with van der Waals surface area (Å²) in [6, 6.07) is 26.2. The Labute approximate surface area is 232 Å². The van der Waals surface area contributed by atoms with Crippen LogP contribution >= 0.6 is 0 Å². The van der Waals surface area contributed by atoms with Gasteiger partial charge in [-0.15, -0.1) is 0 Å². The number of Topliss-reactive ketones (excluding diaryl/α,β-unsaturated/α-hetero) is 1. The number of fused-ring (bicyclic) bond motifs is 1. The van der Waals surface area contributed by atoms with Gasteiger partial charge >= 0.3 is 0 Å². The molecule has 5 rings (SSSR count). The van der Waals surface area contributed by atoms with Crippen molar-refractivity contribution in [1.82, 2.24) is 5.32 Å². The summed E-state index contributed by atoms with van der Waals surface area (Å²) in [7, 11) is 0. The summed E-state index contributed by atoms with van der Waals surface area (Å²) in [6.07, 6.45) is 1.25. The van der Waals surface area contributed by atoms with E-state index in [9.17, 15) is 9.59 Å². The lowest BCUT2D eigenvalue weighted by molar-refractivity contribution is -0.120. The van der Waals surface area contributed by atoms with E-state index in [1.54, 1.807) is 0 Å². The van der Waals surface area contributed by atoms with Gasteiger partial charge in [-0.05, 0) is 46.1 Å². The minimum atomic E-state index is -0.378. The molecule has 0 bridgehead atoms. The molecule has 202 valence electrons. The van der Waals surface area contributed by atoms with Crippen molar-refractivity contribution in [2.24, 2.45) is 5.41 Å². The number of carbonyl (C=O) groups excluding carboxylic acids is 2. The van der Waals surface area contributed by atoms with Crippen molar-refractivity contribution < 1.29 is 9.59 Å². The number of nitrogens with one attached hydrogen (secondary N) is 2. The molecule has 3 aromatic carbocycles. The van der Waals surface area contributed by atoms with Crippen molar-refractivity contribution in [2.75, 3.05) is 16.8 Å². The Balaban J connectivity index is 1.59. The van der Waals surface area contributed by atoms with E-state index < -0.39 is 0 Å². The van der Waals surface area contributed by atoms with Crippen LogP contribution < -0.4 is 15.5 Å². The third-order valence-electron chi connectivity index (χ3n) is 7.74. The molecule has 5 heteroatoms. The van der Waals surface area contributed by atoms with E-state index in [2.05, 4.69) is 74.4 Å². The quantitative estimate of drug-likeness (QED) is 0.383. The standard InChI is InChI=1S/C34H39N3O2/c1-33(2,3)25-17-15-24(16-18-25)32-31-27(19-34(4,5)20-29(31)38)36-26-13-9-10-14-28(26)37(32)22-30(39)35-21-23-11-7-6-8-12-23/h6-18,32,36H,19-22H2,1-5H3,(H,35,39). The number of carbonyl (C=O) groups is 2. The molecular formula is C34H39N3O2. The van der Waals surface area contributed by atoms with Gasteiger partial charge in [-0.2, -0.15) is 0 Å². The monoisotopic (exact) mass is 521 g/mol. The summed E-state index contributed by atoms with van der Waals surface area (Å²) < 4.78 is 0. The first-order chi connectivity index (χ1) is 18.5. The number of ketones is 1. The number of anilines is 2. The first-order valence-electron chi connectivity index (χ1n) is 13.8. The molecule has 2 N–H and O–H groups in total. The minimum absolute atomic E-state index is 0.0161. The molecule has 0 radical (unpaired) electrons. The molecule has 3 aromatic rings. The van der Waals surface area contributed by atoms with Crippen LogP contribution in [-0.2, 0) is 21.5 Å². The van der Waals surface area contributed by atoms with Crippen LogP contribution in [0.1, 0.15) is 70.2 Å². The number of rotatable bonds is 5. The fourth-order valence-electron chi connectivity index (χ4n) is 5.75. The molecule has 0 fully saturated rings. The first-order valence-corrected chi connectivity index (χ1v) is 13.8. The van der Waals surface area contributed by atoms with Crippen LogP contribution in [0.2, 0.25) is 0 Å². The molecule has 0 aromatic heterocycles. The Morgan fingerprint density at radius 2 is 1.62 bits per heavy atom. The minimum Gasteiger partial charge on any atom is -0.357 e. The molecule has 1 aliphatic carbocycles. The number of benzene rings is 3. The predicted octanol–water partition coefficient (Wildman–Crippen LogP) is 6.92. The molecule has 0 spiro atoms. The molecule has 0 saturated carbocycles.